The van der Waals surface area contributed by atoms with E-state index in [0.29, 0.717) is 16.4 Å². The van der Waals surface area contributed by atoms with Crippen LogP contribution in [0.4, 0.5) is 17.1 Å². The molecule has 1 aromatic carbocycles. The Morgan fingerprint density at radius 2 is 1.96 bits per heavy atom. The molecular weight excluding hydrogens is 350 g/mol. The van der Waals surface area contributed by atoms with E-state index in [-0.39, 0.29) is 29.5 Å². The van der Waals surface area contributed by atoms with Crippen LogP contribution in [-0.4, -0.2) is 26.5 Å². The molecule has 10 heteroatoms. The van der Waals surface area contributed by atoms with Crippen LogP contribution in [0.25, 0.3) is 0 Å². The van der Waals surface area contributed by atoms with Gasteiger partial charge in [0.25, 0.3) is 0 Å². The van der Waals surface area contributed by atoms with Gasteiger partial charge in [-0.05, 0) is 32.0 Å². The van der Waals surface area contributed by atoms with Gasteiger partial charge in [-0.3, -0.25) is 24.4 Å². The summed E-state index contributed by atoms with van der Waals surface area (Å²) in [5.74, 6) is -0.763. The topological polar surface area (TPSA) is 119 Å². The maximum atomic E-state index is 12.3. The summed E-state index contributed by atoms with van der Waals surface area (Å²) < 4.78 is 1.26. The number of rotatable bonds is 5. The molecule has 25 heavy (non-hydrogen) atoms. The number of benzene rings is 1. The second-order valence-electron chi connectivity index (χ2n) is 5.35. The minimum Gasteiger partial charge on any atom is -0.325 e. The van der Waals surface area contributed by atoms with Crippen molar-refractivity contribution in [3.8, 4) is 0 Å². The van der Waals surface area contributed by atoms with Gasteiger partial charge in [0.15, 0.2) is 0 Å². The maximum absolute atomic E-state index is 12.3. The van der Waals surface area contributed by atoms with Crippen molar-refractivity contribution in [2.45, 2.75) is 27.3 Å². The molecule has 0 fully saturated rings. The Kier molecular flexibility index (Phi) is 5.38. The Balaban J connectivity index is 2.21. The fourth-order valence-electron chi connectivity index (χ4n) is 2.35. The minimum absolute atomic E-state index is 0.116. The van der Waals surface area contributed by atoms with Crippen LogP contribution >= 0.6 is 11.6 Å². The average Bonchev–Trinajstić information content (AvgIpc) is 2.75. The van der Waals surface area contributed by atoms with Crippen LogP contribution in [0.3, 0.4) is 0 Å². The fourth-order valence-corrected chi connectivity index (χ4v) is 2.52. The first-order valence-electron chi connectivity index (χ1n) is 7.24. The van der Waals surface area contributed by atoms with Gasteiger partial charge < -0.3 is 10.6 Å². The Hall–Kier alpha value is -2.94. The summed E-state index contributed by atoms with van der Waals surface area (Å²) in [6.45, 7) is 4.15. The highest BCUT2D eigenvalue weighted by atomic mass is 35.5. The molecule has 1 aromatic heterocycles. The van der Waals surface area contributed by atoms with E-state index in [1.165, 1.54) is 31.5 Å². The highest BCUT2D eigenvalue weighted by Crippen LogP contribution is 2.26. The lowest BCUT2D eigenvalue weighted by Crippen LogP contribution is -2.21. The highest BCUT2D eigenvalue weighted by Gasteiger charge is 2.23. The summed E-state index contributed by atoms with van der Waals surface area (Å²) in [5, 5.41) is 20.6. The lowest BCUT2D eigenvalue weighted by molar-refractivity contribution is -0.386. The van der Waals surface area contributed by atoms with Crippen LogP contribution in [-0.2, 0) is 16.1 Å². The van der Waals surface area contributed by atoms with E-state index in [2.05, 4.69) is 15.7 Å². The predicted molar refractivity (Wildman–Crippen MR) is 92.7 cm³/mol. The molecule has 0 aliphatic heterocycles. The first-order valence-corrected chi connectivity index (χ1v) is 7.62. The Morgan fingerprint density at radius 1 is 1.28 bits per heavy atom. The molecule has 1 heterocycles. The molecule has 9 nitrogen and oxygen atoms in total. The number of carbonyl (C=O) groups is 2. The zero-order valence-corrected chi connectivity index (χ0v) is 14.5. The van der Waals surface area contributed by atoms with Crippen LogP contribution < -0.4 is 10.6 Å². The van der Waals surface area contributed by atoms with E-state index >= 15 is 0 Å². The number of nitro groups is 1. The van der Waals surface area contributed by atoms with E-state index < -0.39 is 10.8 Å². The zero-order valence-electron chi connectivity index (χ0n) is 13.8. The van der Waals surface area contributed by atoms with Crippen molar-refractivity contribution in [2.75, 3.05) is 10.6 Å². The van der Waals surface area contributed by atoms with Gasteiger partial charge in [0.1, 0.15) is 17.9 Å². The monoisotopic (exact) mass is 365 g/mol. The minimum atomic E-state index is -0.530. The number of carbonyl (C=O) groups excluding carboxylic acids is 2. The largest absolute Gasteiger partial charge is 0.325 e. The molecule has 0 saturated carbocycles. The van der Waals surface area contributed by atoms with Crippen molar-refractivity contribution in [2.24, 2.45) is 0 Å². The lowest BCUT2D eigenvalue weighted by Gasteiger charge is -2.12. The van der Waals surface area contributed by atoms with Crippen molar-refractivity contribution >= 4 is 40.5 Å². The number of aromatic nitrogens is 2. The molecule has 0 bridgehead atoms. The summed E-state index contributed by atoms with van der Waals surface area (Å²) >= 11 is 5.92. The SMILES string of the molecule is CC(=O)Nc1ccc(Cl)cc1NC(=O)Cn1nc(C)c([N+](=O)[O-])c1C. The smallest absolute Gasteiger partial charge is 0.312 e. The summed E-state index contributed by atoms with van der Waals surface area (Å²) in [7, 11) is 0. The molecule has 2 amide bonds. The van der Waals surface area contributed by atoms with Crippen molar-refractivity contribution in [3.63, 3.8) is 0 Å². The number of hydrogen-bond donors (Lipinski definition) is 2. The van der Waals surface area contributed by atoms with E-state index in [4.69, 9.17) is 11.6 Å². The van der Waals surface area contributed by atoms with Gasteiger partial charge in [-0.2, -0.15) is 5.10 Å². The number of anilines is 2. The third-order valence-corrected chi connectivity index (χ3v) is 3.62. The summed E-state index contributed by atoms with van der Waals surface area (Å²) in [5.41, 5.74) is 1.12. The molecule has 0 aliphatic rings. The number of nitrogens with zero attached hydrogens (tertiary/aromatic N) is 3. The first-order chi connectivity index (χ1) is 11.7. The molecule has 0 aliphatic carbocycles. The van der Waals surface area contributed by atoms with Gasteiger partial charge in [-0.1, -0.05) is 11.6 Å². The predicted octanol–water partition coefficient (Wildman–Crippen LogP) is 2.66. The molecule has 132 valence electrons. The van der Waals surface area contributed by atoms with Crippen LogP contribution in [0.2, 0.25) is 5.02 Å². The lowest BCUT2D eigenvalue weighted by atomic mass is 10.2. The van der Waals surface area contributed by atoms with Gasteiger partial charge in [-0.25, -0.2) is 0 Å². The number of halogens is 1. The number of amides is 2. The third kappa shape index (κ3) is 4.32. The highest BCUT2D eigenvalue weighted by molar-refractivity contribution is 6.31. The fraction of sp³-hybridized carbons (Fsp3) is 0.267. The average molecular weight is 366 g/mol. The van der Waals surface area contributed by atoms with Gasteiger partial charge in [0, 0.05) is 11.9 Å². The van der Waals surface area contributed by atoms with Crippen molar-refractivity contribution in [3.05, 3.63) is 44.7 Å². The van der Waals surface area contributed by atoms with Gasteiger partial charge in [-0.15, -0.1) is 0 Å². The molecule has 2 rings (SSSR count). The van der Waals surface area contributed by atoms with E-state index in [0.717, 1.165) is 0 Å². The van der Waals surface area contributed by atoms with Crippen LogP contribution in [0.15, 0.2) is 18.2 Å². The summed E-state index contributed by atoms with van der Waals surface area (Å²) in [6, 6.07) is 4.63. The molecule has 0 radical (unpaired) electrons. The van der Waals surface area contributed by atoms with Crippen molar-refractivity contribution in [1.29, 1.82) is 0 Å². The van der Waals surface area contributed by atoms with Gasteiger partial charge >= 0.3 is 5.69 Å². The quantitative estimate of drug-likeness (QED) is 0.623. The van der Waals surface area contributed by atoms with E-state index in [9.17, 15) is 19.7 Å². The third-order valence-electron chi connectivity index (χ3n) is 3.39. The standard InChI is InChI=1S/C15H16ClN5O4/c1-8-15(21(24)25)9(2)20(19-8)7-14(23)18-13-6-11(16)4-5-12(13)17-10(3)22/h4-6H,7H2,1-3H3,(H,17,22)(H,18,23). The number of aryl methyl sites for hydroxylation is 1. The molecular formula is C15H16ClN5O4. The summed E-state index contributed by atoms with van der Waals surface area (Å²) in [6.07, 6.45) is 0. The molecule has 2 aromatic rings. The first kappa shape index (κ1) is 18.4. The second-order valence-corrected chi connectivity index (χ2v) is 5.79. The second kappa shape index (κ2) is 7.31. The zero-order chi connectivity index (χ0) is 18.7. The Labute approximate surface area is 148 Å². The molecule has 2 N–H and O–H groups in total. The van der Waals surface area contributed by atoms with E-state index in [1.54, 1.807) is 12.1 Å². The maximum Gasteiger partial charge on any atom is 0.312 e. The van der Waals surface area contributed by atoms with Crippen LogP contribution in [0, 0.1) is 24.0 Å². The Morgan fingerprint density at radius 3 is 2.52 bits per heavy atom. The molecule has 0 unspecified atom stereocenters. The van der Waals surface area contributed by atoms with Crippen LogP contribution in [0.1, 0.15) is 18.3 Å². The van der Waals surface area contributed by atoms with Gasteiger partial charge in [0.2, 0.25) is 11.8 Å². The Bertz CT molecular complexity index is 862. The van der Waals surface area contributed by atoms with Crippen LogP contribution in [0.5, 0.6) is 0 Å². The van der Waals surface area contributed by atoms with E-state index in [1.807, 2.05) is 0 Å². The summed E-state index contributed by atoms with van der Waals surface area (Å²) in [4.78, 5) is 34.0. The number of hydrogen-bond acceptors (Lipinski definition) is 5. The molecule has 0 spiro atoms. The molecule has 0 atom stereocenters. The molecule has 0 saturated heterocycles. The number of nitrogens with one attached hydrogen (secondary N) is 2. The van der Waals surface area contributed by atoms with Crippen molar-refractivity contribution in [1.82, 2.24) is 9.78 Å². The van der Waals surface area contributed by atoms with Gasteiger partial charge in [0.05, 0.1) is 16.3 Å². The normalized spacial score (nSPS) is 10.4. The van der Waals surface area contributed by atoms with Crippen molar-refractivity contribution < 1.29 is 14.5 Å².